The van der Waals surface area contributed by atoms with Crippen LogP contribution in [0.3, 0.4) is 0 Å². The molecule has 0 heterocycles. The second-order valence-corrected chi connectivity index (χ2v) is 11.1. The molecule has 1 amide bonds. The molecule has 0 fully saturated rings. The van der Waals surface area contributed by atoms with Gasteiger partial charge in [-0.3, -0.25) is 4.79 Å². The van der Waals surface area contributed by atoms with Crippen LogP contribution in [-0.4, -0.2) is 46.1 Å². The van der Waals surface area contributed by atoms with Gasteiger partial charge >= 0.3 is 0 Å². The molecule has 0 aliphatic heterocycles. The largest absolute Gasteiger partial charge is 0.394 e. The van der Waals surface area contributed by atoms with Gasteiger partial charge in [0.05, 0.1) is 31.3 Å². The fraction of sp³-hybridized carbons (Fsp3) is 0.743. The normalized spacial score (nSPS) is 14.6. The van der Waals surface area contributed by atoms with Crippen molar-refractivity contribution in [3.05, 3.63) is 48.6 Å². The maximum Gasteiger partial charge on any atom is 0.222 e. The molecule has 232 valence electrons. The highest BCUT2D eigenvalue weighted by atomic mass is 16.3. The molecule has 0 saturated heterocycles. The molecule has 0 aromatic heterocycles. The van der Waals surface area contributed by atoms with Crippen molar-refractivity contribution in [2.45, 2.75) is 161 Å². The number of amides is 1. The lowest BCUT2D eigenvalue weighted by Gasteiger charge is -2.20. The summed E-state index contributed by atoms with van der Waals surface area (Å²) in [6, 6.07) is -0.769. The fourth-order valence-electron chi connectivity index (χ4n) is 4.61. The van der Waals surface area contributed by atoms with E-state index in [1.807, 2.05) is 13.0 Å². The second kappa shape index (κ2) is 30.3. The number of hydrogen-bond acceptors (Lipinski definition) is 4. The molecule has 0 aromatic carbocycles. The highest BCUT2D eigenvalue weighted by molar-refractivity contribution is 5.76. The van der Waals surface area contributed by atoms with E-state index in [2.05, 4.69) is 48.7 Å². The summed E-state index contributed by atoms with van der Waals surface area (Å²) < 4.78 is 0. The predicted molar refractivity (Wildman–Crippen MR) is 171 cm³/mol. The van der Waals surface area contributed by atoms with Crippen molar-refractivity contribution >= 4 is 5.91 Å². The molecular formula is C35H63NO4. The molecule has 4 N–H and O–H groups in total. The van der Waals surface area contributed by atoms with E-state index in [0.29, 0.717) is 6.42 Å². The van der Waals surface area contributed by atoms with Gasteiger partial charge in [0.1, 0.15) is 0 Å². The SMILES string of the molecule is C/C=C/CC/C=C/CC/C=C/C(O)C(CO)NC(=O)CC(O)CCCCC/C=C\CCCCCCCCCCC. The van der Waals surface area contributed by atoms with Crippen LogP contribution in [0.25, 0.3) is 0 Å². The highest BCUT2D eigenvalue weighted by Gasteiger charge is 2.19. The smallest absolute Gasteiger partial charge is 0.222 e. The molecule has 0 bridgehead atoms. The van der Waals surface area contributed by atoms with Crippen LogP contribution < -0.4 is 5.32 Å². The Morgan fingerprint density at radius 2 is 1.18 bits per heavy atom. The molecule has 0 spiro atoms. The third-order valence-corrected chi connectivity index (χ3v) is 7.16. The topological polar surface area (TPSA) is 89.8 Å². The summed E-state index contributed by atoms with van der Waals surface area (Å²) >= 11 is 0. The number of aliphatic hydroxyl groups is 3. The summed E-state index contributed by atoms with van der Waals surface area (Å²) in [5, 5.41) is 32.8. The van der Waals surface area contributed by atoms with Crippen LogP contribution >= 0.6 is 0 Å². The number of carbonyl (C=O) groups excluding carboxylic acids is 1. The van der Waals surface area contributed by atoms with Gasteiger partial charge in [0, 0.05) is 0 Å². The Labute approximate surface area is 246 Å². The molecule has 40 heavy (non-hydrogen) atoms. The molecule has 5 nitrogen and oxygen atoms in total. The molecule has 0 aliphatic rings. The average Bonchev–Trinajstić information content (AvgIpc) is 2.94. The Morgan fingerprint density at radius 3 is 1.75 bits per heavy atom. The molecule has 3 unspecified atom stereocenters. The predicted octanol–water partition coefficient (Wildman–Crippen LogP) is 8.25. The lowest BCUT2D eigenvalue weighted by Crippen LogP contribution is -2.45. The van der Waals surface area contributed by atoms with Crippen molar-refractivity contribution in [1.29, 1.82) is 0 Å². The molecule has 0 aliphatic carbocycles. The van der Waals surface area contributed by atoms with Crippen LogP contribution in [0.5, 0.6) is 0 Å². The van der Waals surface area contributed by atoms with Crippen molar-refractivity contribution in [2.75, 3.05) is 6.61 Å². The van der Waals surface area contributed by atoms with Gasteiger partial charge in [0.25, 0.3) is 0 Å². The van der Waals surface area contributed by atoms with Gasteiger partial charge in [-0.15, -0.1) is 0 Å². The first-order chi connectivity index (χ1) is 19.5. The van der Waals surface area contributed by atoms with E-state index >= 15 is 0 Å². The first kappa shape index (κ1) is 38.3. The van der Waals surface area contributed by atoms with Crippen LogP contribution in [0, 0.1) is 0 Å². The summed E-state index contributed by atoms with van der Waals surface area (Å²) in [4.78, 5) is 12.3. The second-order valence-electron chi connectivity index (χ2n) is 11.1. The standard InChI is InChI=1S/C35H63NO4/c1-3-5-7-9-11-13-14-15-16-17-18-19-21-22-24-26-28-32(38)30-35(40)36-33(31-37)34(39)29-27-25-23-20-12-10-8-6-4-2/h4,6,12,18-20,27,29,32-34,37-39H,3,5,7-11,13-17,21-26,28,30-31H2,1-2H3,(H,36,40)/b6-4+,19-18-,20-12+,29-27+. The van der Waals surface area contributed by atoms with Crippen molar-refractivity contribution < 1.29 is 20.1 Å². The molecule has 5 heteroatoms. The van der Waals surface area contributed by atoms with Crippen LogP contribution in [0.4, 0.5) is 0 Å². The van der Waals surface area contributed by atoms with E-state index in [4.69, 9.17) is 0 Å². The van der Waals surface area contributed by atoms with E-state index in [1.54, 1.807) is 6.08 Å². The maximum atomic E-state index is 12.3. The first-order valence-electron chi connectivity index (χ1n) is 16.4. The van der Waals surface area contributed by atoms with Crippen molar-refractivity contribution in [1.82, 2.24) is 5.32 Å². The number of aliphatic hydroxyl groups excluding tert-OH is 3. The Morgan fingerprint density at radius 1 is 0.675 bits per heavy atom. The van der Waals surface area contributed by atoms with Gasteiger partial charge in [-0.25, -0.2) is 0 Å². The summed E-state index contributed by atoms with van der Waals surface area (Å²) in [7, 11) is 0. The molecule has 3 atom stereocenters. The third-order valence-electron chi connectivity index (χ3n) is 7.16. The maximum absolute atomic E-state index is 12.3. The Bertz CT molecular complexity index is 670. The van der Waals surface area contributed by atoms with Gasteiger partial charge < -0.3 is 20.6 Å². The first-order valence-corrected chi connectivity index (χ1v) is 16.4. The van der Waals surface area contributed by atoms with E-state index in [0.717, 1.165) is 51.4 Å². The van der Waals surface area contributed by atoms with E-state index in [9.17, 15) is 20.1 Å². The molecule has 0 saturated carbocycles. The minimum absolute atomic E-state index is 0.0103. The van der Waals surface area contributed by atoms with Crippen LogP contribution in [0.2, 0.25) is 0 Å². The number of nitrogens with one attached hydrogen (secondary N) is 1. The molecular weight excluding hydrogens is 498 g/mol. The average molecular weight is 562 g/mol. The summed E-state index contributed by atoms with van der Waals surface area (Å²) in [5.74, 6) is -0.345. The Hall–Kier alpha value is -1.69. The van der Waals surface area contributed by atoms with Gasteiger partial charge in [-0.1, -0.05) is 120 Å². The van der Waals surface area contributed by atoms with Crippen molar-refractivity contribution in [3.63, 3.8) is 0 Å². The van der Waals surface area contributed by atoms with E-state index in [-0.39, 0.29) is 18.9 Å². The summed E-state index contributed by atoms with van der Waals surface area (Å²) in [6.07, 6.45) is 36.8. The van der Waals surface area contributed by atoms with Crippen LogP contribution in [0.15, 0.2) is 48.6 Å². The summed E-state index contributed by atoms with van der Waals surface area (Å²) in [6.45, 7) is 3.93. The van der Waals surface area contributed by atoms with Crippen molar-refractivity contribution in [3.8, 4) is 0 Å². The lowest BCUT2D eigenvalue weighted by molar-refractivity contribution is -0.124. The minimum atomic E-state index is -0.960. The Balaban J connectivity index is 3.81. The van der Waals surface area contributed by atoms with Crippen molar-refractivity contribution in [2.24, 2.45) is 0 Å². The van der Waals surface area contributed by atoms with Gasteiger partial charge in [0.2, 0.25) is 5.91 Å². The number of hydrogen-bond donors (Lipinski definition) is 4. The zero-order chi connectivity index (χ0) is 29.5. The Kier molecular flexibility index (Phi) is 29.0. The van der Waals surface area contributed by atoms with Crippen LogP contribution in [0.1, 0.15) is 142 Å². The van der Waals surface area contributed by atoms with Gasteiger partial charge in [-0.2, -0.15) is 0 Å². The molecule has 0 radical (unpaired) electrons. The van der Waals surface area contributed by atoms with Gasteiger partial charge in [-0.05, 0) is 64.7 Å². The van der Waals surface area contributed by atoms with E-state index < -0.39 is 18.2 Å². The lowest BCUT2D eigenvalue weighted by atomic mass is 10.0. The highest BCUT2D eigenvalue weighted by Crippen LogP contribution is 2.12. The van der Waals surface area contributed by atoms with Gasteiger partial charge in [0.15, 0.2) is 0 Å². The monoisotopic (exact) mass is 561 g/mol. The molecule has 0 rings (SSSR count). The zero-order valence-corrected chi connectivity index (χ0v) is 25.9. The number of carbonyl (C=O) groups is 1. The number of rotatable bonds is 28. The van der Waals surface area contributed by atoms with Crippen LogP contribution in [-0.2, 0) is 4.79 Å². The number of unbranched alkanes of at least 4 members (excludes halogenated alkanes) is 14. The molecule has 0 aromatic rings. The third kappa shape index (κ3) is 26.5. The fourth-order valence-corrected chi connectivity index (χ4v) is 4.61. The summed E-state index contributed by atoms with van der Waals surface area (Å²) in [5.41, 5.74) is 0. The zero-order valence-electron chi connectivity index (χ0n) is 25.9. The quantitative estimate of drug-likeness (QED) is 0.0572. The van der Waals surface area contributed by atoms with E-state index in [1.165, 1.54) is 64.2 Å². The minimum Gasteiger partial charge on any atom is -0.394 e. The number of allylic oxidation sites excluding steroid dienone is 7.